The Morgan fingerprint density at radius 3 is 2.77 bits per heavy atom. The summed E-state index contributed by atoms with van der Waals surface area (Å²) in [5, 5.41) is 7.58. The Labute approximate surface area is 151 Å². The Morgan fingerprint density at radius 1 is 1.15 bits per heavy atom. The highest BCUT2D eigenvalue weighted by molar-refractivity contribution is 5.82. The van der Waals surface area contributed by atoms with Crippen LogP contribution in [0.15, 0.2) is 47.3 Å². The van der Waals surface area contributed by atoms with Crippen molar-refractivity contribution in [1.82, 2.24) is 15.3 Å². The molecule has 0 bridgehead atoms. The molecule has 1 aliphatic heterocycles. The van der Waals surface area contributed by atoms with E-state index in [1.54, 1.807) is 13.2 Å². The Kier molecular flexibility index (Phi) is 4.58. The van der Waals surface area contributed by atoms with Gasteiger partial charge in [-0.1, -0.05) is 12.1 Å². The highest BCUT2D eigenvalue weighted by atomic mass is 16.5. The molecule has 3 N–H and O–H groups in total. The van der Waals surface area contributed by atoms with Gasteiger partial charge in [0.2, 0.25) is 0 Å². The molecule has 0 amide bonds. The van der Waals surface area contributed by atoms with Crippen LogP contribution in [0.1, 0.15) is 12.8 Å². The summed E-state index contributed by atoms with van der Waals surface area (Å²) in [6.07, 6.45) is 2.11. The molecule has 6 heteroatoms. The van der Waals surface area contributed by atoms with Crippen molar-refractivity contribution in [2.75, 3.05) is 25.5 Å². The molecular formula is C20H22N4O2. The van der Waals surface area contributed by atoms with Gasteiger partial charge in [-0.25, -0.2) is 4.98 Å². The van der Waals surface area contributed by atoms with E-state index < -0.39 is 0 Å². The van der Waals surface area contributed by atoms with Crippen LogP contribution in [0.2, 0.25) is 0 Å². The fourth-order valence-electron chi connectivity index (χ4n) is 3.38. The van der Waals surface area contributed by atoms with Gasteiger partial charge in [-0.05, 0) is 50.2 Å². The van der Waals surface area contributed by atoms with Crippen molar-refractivity contribution >= 4 is 16.6 Å². The quantitative estimate of drug-likeness (QED) is 0.674. The number of piperidine rings is 1. The van der Waals surface area contributed by atoms with E-state index in [1.807, 2.05) is 36.4 Å². The number of H-pyrrole nitrogens is 1. The number of rotatable bonds is 4. The molecule has 1 aliphatic rings. The summed E-state index contributed by atoms with van der Waals surface area (Å²) in [5.41, 5.74) is 2.35. The molecular weight excluding hydrogens is 328 g/mol. The summed E-state index contributed by atoms with van der Waals surface area (Å²) in [7, 11) is 1.65. The fourth-order valence-corrected chi connectivity index (χ4v) is 3.38. The first-order valence-corrected chi connectivity index (χ1v) is 8.89. The lowest BCUT2D eigenvalue weighted by Gasteiger charge is -2.26. The Hall–Kier alpha value is -2.86. The molecule has 0 spiro atoms. The third-order valence-electron chi connectivity index (χ3n) is 4.79. The first-order valence-electron chi connectivity index (χ1n) is 8.89. The second-order valence-corrected chi connectivity index (χ2v) is 6.51. The number of ether oxygens (including phenoxy) is 1. The lowest BCUT2D eigenvalue weighted by Crippen LogP contribution is -2.35. The summed E-state index contributed by atoms with van der Waals surface area (Å²) in [6, 6.07) is 13.6. The van der Waals surface area contributed by atoms with E-state index in [0.29, 0.717) is 22.8 Å². The zero-order valence-electron chi connectivity index (χ0n) is 14.7. The second kappa shape index (κ2) is 7.17. The largest absolute Gasteiger partial charge is 0.497 e. The van der Waals surface area contributed by atoms with Gasteiger partial charge in [0, 0.05) is 23.4 Å². The molecule has 3 aromatic rings. The number of fused-ring (bicyclic) bond motifs is 1. The summed E-state index contributed by atoms with van der Waals surface area (Å²) in [6.45, 7) is 2.00. The summed E-state index contributed by atoms with van der Waals surface area (Å²) >= 11 is 0. The van der Waals surface area contributed by atoms with Gasteiger partial charge in [-0.15, -0.1) is 0 Å². The predicted octanol–water partition coefficient (Wildman–Crippen LogP) is 2.76. The molecule has 26 heavy (non-hydrogen) atoms. The van der Waals surface area contributed by atoms with Crippen molar-refractivity contribution in [3.8, 4) is 17.1 Å². The third kappa shape index (κ3) is 3.28. The maximum Gasteiger partial charge on any atom is 0.259 e. The zero-order valence-corrected chi connectivity index (χ0v) is 14.7. The van der Waals surface area contributed by atoms with Crippen molar-refractivity contribution in [2.24, 2.45) is 0 Å². The van der Waals surface area contributed by atoms with Gasteiger partial charge in [0.15, 0.2) is 0 Å². The van der Waals surface area contributed by atoms with Crippen molar-refractivity contribution in [3.05, 3.63) is 52.8 Å². The molecule has 1 saturated heterocycles. The molecule has 2 aromatic carbocycles. The SMILES string of the molecule is COc1ccc(-c2nc3ccccc3c(=O)[nH]2)c(NC2CCNCC2)c1. The zero-order chi connectivity index (χ0) is 17.9. The maximum absolute atomic E-state index is 12.4. The second-order valence-electron chi connectivity index (χ2n) is 6.51. The van der Waals surface area contributed by atoms with Crippen molar-refractivity contribution in [2.45, 2.75) is 18.9 Å². The van der Waals surface area contributed by atoms with Crippen LogP contribution >= 0.6 is 0 Å². The molecule has 1 aromatic heterocycles. The molecule has 0 atom stereocenters. The molecule has 2 heterocycles. The minimum absolute atomic E-state index is 0.130. The Balaban J connectivity index is 1.79. The number of methoxy groups -OCH3 is 1. The van der Waals surface area contributed by atoms with E-state index in [0.717, 1.165) is 42.9 Å². The van der Waals surface area contributed by atoms with E-state index in [9.17, 15) is 4.79 Å². The van der Waals surface area contributed by atoms with Crippen LogP contribution in [0.4, 0.5) is 5.69 Å². The molecule has 4 rings (SSSR count). The monoisotopic (exact) mass is 350 g/mol. The number of aromatic amines is 1. The van der Waals surface area contributed by atoms with Crippen LogP contribution in [-0.2, 0) is 0 Å². The summed E-state index contributed by atoms with van der Waals surface area (Å²) in [4.78, 5) is 20.0. The number of anilines is 1. The number of hydrogen-bond donors (Lipinski definition) is 3. The topological polar surface area (TPSA) is 79.0 Å². The van der Waals surface area contributed by atoms with Crippen LogP contribution in [0.3, 0.4) is 0 Å². The first kappa shape index (κ1) is 16.6. The highest BCUT2D eigenvalue weighted by Crippen LogP contribution is 2.31. The lowest BCUT2D eigenvalue weighted by atomic mass is 10.0. The highest BCUT2D eigenvalue weighted by Gasteiger charge is 2.17. The van der Waals surface area contributed by atoms with Crippen LogP contribution in [0.5, 0.6) is 5.75 Å². The molecule has 0 saturated carbocycles. The van der Waals surface area contributed by atoms with E-state index in [2.05, 4.69) is 20.6 Å². The Morgan fingerprint density at radius 2 is 1.96 bits per heavy atom. The van der Waals surface area contributed by atoms with Crippen LogP contribution in [-0.4, -0.2) is 36.2 Å². The minimum Gasteiger partial charge on any atom is -0.497 e. The number of para-hydroxylation sites is 1. The average molecular weight is 350 g/mol. The third-order valence-corrected chi connectivity index (χ3v) is 4.79. The molecule has 0 radical (unpaired) electrons. The van der Waals surface area contributed by atoms with Gasteiger partial charge >= 0.3 is 0 Å². The number of hydrogen-bond acceptors (Lipinski definition) is 5. The van der Waals surface area contributed by atoms with Crippen LogP contribution in [0.25, 0.3) is 22.3 Å². The number of aromatic nitrogens is 2. The van der Waals surface area contributed by atoms with Crippen LogP contribution in [0, 0.1) is 0 Å². The van der Waals surface area contributed by atoms with Crippen molar-refractivity contribution in [1.29, 1.82) is 0 Å². The maximum atomic E-state index is 12.4. The molecule has 134 valence electrons. The number of benzene rings is 2. The number of nitrogens with one attached hydrogen (secondary N) is 3. The molecule has 6 nitrogen and oxygen atoms in total. The average Bonchev–Trinajstić information content (AvgIpc) is 2.68. The van der Waals surface area contributed by atoms with Gasteiger partial charge < -0.3 is 20.4 Å². The number of nitrogens with zero attached hydrogens (tertiary/aromatic N) is 1. The first-order chi connectivity index (χ1) is 12.7. The minimum atomic E-state index is -0.130. The van der Waals surface area contributed by atoms with E-state index in [4.69, 9.17) is 4.74 Å². The van der Waals surface area contributed by atoms with Crippen molar-refractivity contribution < 1.29 is 4.74 Å². The Bertz CT molecular complexity index is 977. The summed E-state index contributed by atoms with van der Waals surface area (Å²) < 4.78 is 5.38. The van der Waals surface area contributed by atoms with Gasteiger partial charge in [-0.2, -0.15) is 0 Å². The smallest absolute Gasteiger partial charge is 0.259 e. The molecule has 0 unspecified atom stereocenters. The van der Waals surface area contributed by atoms with E-state index in [-0.39, 0.29) is 5.56 Å². The van der Waals surface area contributed by atoms with E-state index >= 15 is 0 Å². The van der Waals surface area contributed by atoms with Gasteiger partial charge in [0.05, 0.1) is 18.0 Å². The van der Waals surface area contributed by atoms with Gasteiger partial charge in [-0.3, -0.25) is 4.79 Å². The van der Waals surface area contributed by atoms with Gasteiger partial charge in [0.25, 0.3) is 5.56 Å². The summed E-state index contributed by atoms with van der Waals surface area (Å²) in [5.74, 6) is 1.33. The fraction of sp³-hybridized carbons (Fsp3) is 0.300. The van der Waals surface area contributed by atoms with E-state index in [1.165, 1.54) is 0 Å². The normalized spacial score (nSPS) is 15.1. The van der Waals surface area contributed by atoms with Gasteiger partial charge in [0.1, 0.15) is 11.6 Å². The van der Waals surface area contributed by atoms with Crippen molar-refractivity contribution in [3.63, 3.8) is 0 Å². The molecule has 1 fully saturated rings. The van der Waals surface area contributed by atoms with Crippen LogP contribution < -0.4 is 20.9 Å². The predicted molar refractivity (Wildman–Crippen MR) is 104 cm³/mol. The lowest BCUT2D eigenvalue weighted by molar-refractivity contribution is 0.415. The standard InChI is InChI=1S/C20H22N4O2/c1-26-14-6-7-15(18(12-14)22-13-8-10-21-11-9-13)19-23-17-5-3-2-4-16(17)20(25)24-19/h2-7,12-13,21-22H,8-11H2,1H3,(H,23,24,25). The molecule has 0 aliphatic carbocycles.